The second-order valence-corrected chi connectivity index (χ2v) is 5.45. The molecule has 4 nitrogen and oxygen atoms in total. The van der Waals surface area contributed by atoms with Crippen molar-refractivity contribution in [3.8, 4) is 11.5 Å². The van der Waals surface area contributed by atoms with Gasteiger partial charge in [0.15, 0.2) is 11.5 Å². The predicted octanol–water partition coefficient (Wildman–Crippen LogP) is 2.54. The van der Waals surface area contributed by atoms with Crippen LogP contribution >= 0.6 is 15.9 Å². The van der Waals surface area contributed by atoms with Gasteiger partial charge in [0.1, 0.15) is 0 Å². The average Bonchev–Trinajstić information content (AvgIpc) is 2.39. The van der Waals surface area contributed by atoms with Crippen molar-refractivity contribution in [2.75, 3.05) is 20.3 Å². The largest absolute Gasteiger partial charge is 0.493 e. The Kier molecular flexibility index (Phi) is 6.70. The van der Waals surface area contributed by atoms with E-state index in [2.05, 4.69) is 21.2 Å². The van der Waals surface area contributed by atoms with E-state index in [-0.39, 0.29) is 10.7 Å². The number of halogens is 1. The molecule has 1 unspecified atom stereocenters. The second-order valence-electron chi connectivity index (χ2n) is 4.08. The lowest BCUT2D eigenvalue weighted by atomic mass is 10.1. The van der Waals surface area contributed by atoms with Crippen LogP contribution in [0.25, 0.3) is 0 Å². The molecule has 1 atom stereocenters. The molecule has 0 saturated carbocycles. The molecule has 0 radical (unpaired) electrons. The Balaban J connectivity index is 2.59. The minimum atomic E-state index is -0.164. The smallest absolute Gasteiger partial charge is 0.233 e. The van der Waals surface area contributed by atoms with E-state index in [1.54, 1.807) is 14.0 Å². The number of alkyl halides is 1. The minimum absolute atomic E-state index is 0.00135. The van der Waals surface area contributed by atoms with E-state index in [1.165, 1.54) is 0 Å². The summed E-state index contributed by atoms with van der Waals surface area (Å²) in [6.45, 7) is 4.93. The Morgan fingerprint density at radius 2 is 2.16 bits per heavy atom. The third kappa shape index (κ3) is 5.11. The van der Waals surface area contributed by atoms with Crippen LogP contribution in [0.3, 0.4) is 0 Å². The normalized spacial score (nSPS) is 11.8. The van der Waals surface area contributed by atoms with E-state index in [4.69, 9.17) is 9.47 Å². The molecular weight excluding hydrogens is 310 g/mol. The van der Waals surface area contributed by atoms with E-state index < -0.39 is 0 Å². The van der Waals surface area contributed by atoms with Gasteiger partial charge in [-0.1, -0.05) is 22.0 Å². The first kappa shape index (κ1) is 15.8. The number of carbonyl (C=O) groups is 1. The van der Waals surface area contributed by atoms with Gasteiger partial charge in [-0.2, -0.15) is 0 Å². The number of amides is 1. The summed E-state index contributed by atoms with van der Waals surface area (Å²) in [5.74, 6) is 1.46. The lowest BCUT2D eigenvalue weighted by Gasteiger charge is -2.11. The SMILES string of the molecule is CCOc1cc(CCNC(=O)C(C)Br)ccc1OC. The van der Waals surface area contributed by atoms with E-state index in [0.29, 0.717) is 13.2 Å². The molecule has 5 heteroatoms. The van der Waals surface area contributed by atoms with Crippen molar-refractivity contribution in [2.45, 2.75) is 25.1 Å². The number of methoxy groups -OCH3 is 1. The molecular formula is C14H20BrNO3. The number of nitrogens with one attached hydrogen (secondary N) is 1. The van der Waals surface area contributed by atoms with Crippen LogP contribution in [0, 0.1) is 0 Å². The molecule has 19 heavy (non-hydrogen) atoms. The van der Waals surface area contributed by atoms with Gasteiger partial charge in [0.2, 0.25) is 5.91 Å². The molecule has 0 aliphatic heterocycles. The van der Waals surface area contributed by atoms with Crippen LogP contribution in [0.4, 0.5) is 0 Å². The van der Waals surface area contributed by atoms with Crippen molar-refractivity contribution >= 4 is 21.8 Å². The van der Waals surface area contributed by atoms with Gasteiger partial charge in [-0.05, 0) is 38.0 Å². The van der Waals surface area contributed by atoms with Crippen LogP contribution < -0.4 is 14.8 Å². The average molecular weight is 330 g/mol. The van der Waals surface area contributed by atoms with Gasteiger partial charge in [-0.15, -0.1) is 0 Å². The molecule has 0 spiro atoms. The van der Waals surface area contributed by atoms with Crippen molar-refractivity contribution in [1.29, 1.82) is 0 Å². The van der Waals surface area contributed by atoms with Gasteiger partial charge in [0, 0.05) is 6.54 Å². The van der Waals surface area contributed by atoms with Crippen LogP contribution in [0.1, 0.15) is 19.4 Å². The first-order chi connectivity index (χ1) is 9.08. The summed E-state index contributed by atoms with van der Waals surface area (Å²) in [6, 6.07) is 5.81. The molecule has 0 saturated heterocycles. The summed E-state index contributed by atoms with van der Waals surface area (Å²) < 4.78 is 10.7. The van der Waals surface area contributed by atoms with Crippen LogP contribution in [0.5, 0.6) is 11.5 Å². The van der Waals surface area contributed by atoms with Gasteiger partial charge in [0.25, 0.3) is 0 Å². The highest BCUT2D eigenvalue weighted by atomic mass is 79.9. The summed E-state index contributed by atoms with van der Waals surface area (Å²) >= 11 is 3.23. The number of carbonyl (C=O) groups excluding carboxylic acids is 1. The van der Waals surface area contributed by atoms with Crippen molar-refractivity contribution in [2.24, 2.45) is 0 Å². The number of hydrogen-bond donors (Lipinski definition) is 1. The number of ether oxygens (including phenoxy) is 2. The van der Waals surface area contributed by atoms with Crippen LogP contribution in [0.15, 0.2) is 18.2 Å². The molecule has 0 heterocycles. The van der Waals surface area contributed by atoms with Crippen LogP contribution in [-0.4, -0.2) is 31.0 Å². The maximum absolute atomic E-state index is 11.4. The fraction of sp³-hybridized carbons (Fsp3) is 0.500. The van der Waals surface area contributed by atoms with Crippen LogP contribution in [-0.2, 0) is 11.2 Å². The molecule has 0 bridgehead atoms. The zero-order chi connectivity index (χ0) is 14.3. The van der Waals surface area contributed by atoms with Gasteiger partial charge < -0.3 is 14.8 Å². The molecule has 1 aromatic carbocycles. The van der Waals surface area contributed by atoms with E-state index >= 15 is 0 Å². The summed E-state index contributed by atoms with van der Waals surface area (Å²) in [5, 5.41) is 2.85. The summed E-state index contributed by atoms with van der Waals surface area (Å²) in [7, 11) is 1.62. The highest BCUT2D eigenvalue weighted by Crippen LogP contribution is 2.28. The summed E-state index contributed by atoms with van der Waals surface area (Å²) in [5.41, 5.74) is 1.10. The fourth-order valence-corrected chi connectivity index (χ4v) is 1.78. The monoisotopic (exact) mass is 329 g/mol. The van der Waals surface area contributed by atoms with Crippen molar-refractivity contribution in [3.05, 3.63) is 23.8 Å². The summed E-state index contributed by atoms with van der Waals surface area (Å²) in [4.78, 5) is 11.2. The van der Waals surface area contributed by atoms with Gasteiger partial charge in [-0.25, -0.2) is 0 Å². The zero-order valence-electron chi connectivity index (χ0n) is 11.5. The molecule has 1 N–H and O–H groups in total. The third-order valence-corrected chi connectivity index (χ3v) is 3.02. The Hall–Kier alpha value is -1.23. The van der Waals surface area contributed by atoms with Crippen molar-refractivity contribution in [1.82, 2.24) is 5.32 Å². The predicted molar refractivity (Wildman–Crippen MR) is 79.3 cm³/mol. The first-order valence-corrected chi connectivity index (χ1v) is 7.21. The lowest BCUT2D eigenvalue weighted by molar-refractivity contribution is -0.120. The Morgan fingerprint density at radius 1 is 1.42 bits per heavy atom. The Labute approximate surface area is 122 Å². The van der Waals surface area contributed by atoms with Gasteiger partial charge in [0.05, 0.1) is 18.5 Å². The minimum Gasteiger partial charge on any atom is -0.493 e. The summed E-state index contributed by atoms with van der Waals surface area (Å²) in [6.07, 6.45) is 0.759. The molecule has 0 aliphatic carbocycles. The van der Waals surface area contributed by atoms with Gasteiger partial charge in [-0.3, -0.25) is 4.79 Å². The number of rotatable bonds is 7. The van der Waals surface area contributed by atoms with Gasteiger partial charge >= 0.3 is 0 Å². The molecule has 0 aliphatic rings. The topological polar surface area (TPSA) is 47.6 Å². The highest BCUT2D eigenvalue weighted by molar-refractivity contribution is 9.10. The highest BCUT2D eigenvalue weighted by Gasteiger charge is 2.08. The molecule has 1 aromatic rings. The Morgan fingerprint density at radius 3 is 2.74 bits per heavy atom. The fourth-order valence-electron chi connectivity index (χ4n) is 1.62. The molecule has 0 aromatic heterocycles. The number of benzene rings is 1. The standard InChI is InChI=1S/C14H20BrNO3/c1-4-19-13-9-11(5-6-12(13)18-3)7-8-16-14(17)10(2)15/h5-6,9-10H,4,7-8H2,1-3H3,(H,16,17). The maximum atomic E-state index is 11.4. The molecule has 1 amide bonds. The second kappa shape index (κ2) is 8.04. The van der Waals surface area contributed by atoms with E-state index in [1.807, 2.05) is 25.1 Å². The maximum Gasteiger partial charge on any atom is 0.233 e. The van der Waals surface area contributed by atoms with Crippen molar-refractivity contribution in [3.63, 3.8) is 0 Å². The first-order valence-electron chi connectivity index (χ1n) is 6.30. The van der Waals surface area contributed by atoms with E-state index in [9.17, 15) is 4.79 Å². The van der Waals surface area contributed by atoms with Crippen molar-refractivity contribution < 1.29 is 14.3 Å². The zero-order valence-corrected chi connectivity index (χ0v) is 13.1. The third-order valence-electron chi connectivity index (χ3n) is 2.60. The van der Waals surface area contributed by atoms with E-state index in [0.717, 1.165) is 23.5 Å². The van der Waals surface area contributed by atoms with Crippen LogP contribution in [0.2, 0.25) is 0 Å². The lowest BCUT2D eigenvalue weighted by Crippen LogP contribution is -2.31. The number of hydrogen-bond acceptors (Lipinski definition) is 3. The molecule has 0 fully saturated rings. The Bertz CT molecular complexity index is 421. The molecule has 106 valence electrons. The molecule has 1 rings (SSSR count). The quantitative estimate of drug-likeness (QED) is 0.782.